The van der Waals surface area contributed by atoms with Gasteiger partial charge in [0.25, 0.3) is 5.69 Å². The van der Waals surface area contributed by atoms with Crippen LogP contribution >= 0.6 is 11.6 Å². The van der Waals surface area contributed by atoms with Gasteiger partial charge in [-0.2, -0.15) is 5.10 Å². The maximum Gasteiger partial charge on any atom is 0.312 e. The molecule has 2 rings (SSSR count). The van der Waals surface area contributed by atoms with E-state index in [1.807, 2.05) is 0 Å². The molecule has 0 heterocycles. The standard InChI is InChI=1S/C13H9ClN4O5/c14-9-5-8(13(19)12(6-9)18(22)23)7-15-16-10-1-3-11(4-2-10)17(20)21/h1-7,16,19H/b15-7-. The first-order valence-electron chi connectivity index (χ1n) is 6.09. The number of nitro benzene ring substituents is 2. The highest BCUT2D eigenvalue weighted by atomic mass is 35.5. The molecule has 10 heteroatoms. The number of nitrogens with one attached hydrogen (secondary N) is 1. The quantitative estimate of drug-likeness (QED) is 0.489. The van der Waals surface area contributed by atoms with Crippen LogP contribution < -0.4 is 5.43 Å². The minimum Gasteiger partial charge on any atom is -0.502 e. The zero-order valence-corrected chi connectivity index (χ0v) is 12.1. The Labute approximate surface area is 134 Å². The van der Waals surface area contributed by atoms with E-state index in [9.17, 15) is 25.3 Å². The van der Waals surface area contributed by atoms with Gasteiger partial charge in [-0.25, -0.2) is 0 Å². The number of anilines is 1. The predicted octanol–water partition coefficient (Wildman–Crippen LogP) is 3.31. The SMILES string of the molecule is O=[N+]([O-])c1ccc(N/N=C\c2cc(Cl)cc([N+](=O)[O-])c2O)cc1. The number of benzene rings is 2. The van der Waals surface area contributed by atoms with E-state index >= 15 is 0 Å². The van der Waals surface area contributed by atoms with Gasteiger partial charge < -0.3 is 5.11 Å². The predicted molar refractivity (Wildman–Crippen MR) is 84.1 cm³/mol. The number of hydrogen-bond acceptors (Lipinski definition) is 7. The Hall–Kier alpha value is -3.20. The summed E-state index contributed by atoms with van der Waals surface area (Å²) in [5.74, 6) is -0.561. The zero-order chi connectivity index (χ0) is 17.0. The van der Waals surface area contributed by atoms with Gasteiger partial charge in [0.15, 0.2) is 0 Å². The lowest BCUT2D eigenvalue weighted by Gasteiger charge is -2.02. The molecule has 0 radical (unpaired) electrons. The summed E-state index contributed by atoms with van der Waals surface area (Å²) < 4.78 is 0. The van der Waals surface area contributed by atoms with Crippen molar-refractivity contribution in [3.63, 3.8) is 0 Å². The van der Waals surface area contributed by atoms with Gasteiger partial charge in [-0.05, 0) is 18.2 Å². The van der Waals surface area contributed by atoms with E-state index in [1.165, 1.54) is 30.3 Å². The van der Waals surface area contributed by atoms with E-state index in [2.05, 4.69) is 10.5 Å². The van der Waals surface area contributed by atoms with Gasteiger partial charge in [0.1, 0.15) is 0 Å². The van der Waals surface area contributed by atoms with Gasteiger partial charge in [0, 0.05) is 28.8 Å². The molecule has 0 unspecified atom stereocenters. The molecule has 0 aliphatic heterocycles. The van der Waals surface area contributed by atoms with Crippen molar-refractivity contribution in [2.24, 2.45) is 5.10 Å². The second kappa shape index (κ2) is 6.71. The van der Waals surface area contributed by atoms with Crippen molar-refractivity contribution in [3.8, 4) is 5.75 Å². The minimum atomic E-state index is -0.762. The molecule has 0 bridgehead atoms. The molecule has 0 amide bonds. The number of aromatic hydroxyl groups is 1. The lowest BCUT2D eigenvalue weighted by atomic mass is 10.2. The first kappa shape index (κ1) is 16.2. The normalized spacial score (nSPS) is 10.7. The summed E-state index contributed by atoms with van der Waals surface area (Å²) in [6, 6.07) is 7.80. The molecule has 0 saturated carbocycles. The van der Waals surface area contributed by atoms with Crippen molar-refractivity contribution in [1.29, 1.82) is 0 Å². The van der Waals surface area contributed by atoms with Crippen LogP contribution in [0.15, 0.2) is 41.5 Å². The van der Waals surface area contributed by atoms with Gasteiger partial charge in [0.2, 0.25) is 5.75 Å². The van der Waals surface area contributed by atoms with Crippen LogP contribution in [-0.4, -0.2) is 21.2 Å². The van der Waals surface area contributed by atoms with Crippen LogP contribution in [-0.2, 0) is 0 Å². The summed E-state index contributed by atoms with van der Waals surface area (Å²) in [5.41, 5.74) is 2.49. The first-order valence-corrected chi connectivity index (χ1v) is 6.46. The summed E-state index contributed by atoms with van der Waals surface area (Å²) in [6.45, 7) is 0. The molecular weight excluding hydrogens is 328 g/mol. The van der Waals surface area contributed by atoms with Crippen molar-refractivity contribution in [2.75, 3.05) is 5.43 Å². The van der Waals surface area contributed by atoms with Crippen LogP contribution in [0.5, 0.6) is 5.75 Å². The van der Waals surface area contributed by atoms with Gasteiger partial charge in [-0.3, -0.25) is 25.7 Å². The smallest absolute Gasteiger partial charge is 0.312 e. The highest BCUT2D eigenvalue weighted by molar-refractivity contribution is 6.31. The lowest BCUT2D eigenvalue weighted by molar-refractivity contribution is -0.385. The Morgan fingerprint density at radius 3 is 2.35 bits per heavy atom. The number of phenols is 1. The number of non-ortho nitro benzene ring substituents is 1. The number of nitro groups is 2. The summed E-state index contributed by atoms with van der Waals surface area (Å²) in [4.78, 5) is 20.0. The molecule has 2 N–H and O–H groups in total. The molecule has 0 aliphatic rings. The molecule has 9 nitrogen and oxygen atoms in total. The Balaban J connectivity index is 2.17. The third-order valence-electron chi connectivity index (χ3n) is 2.76. The van der Waals surface area contributed by atoms with Crippen molar-refractivity contribution in [2.45, 2.75) is 0 Å². The fourth-order valence-electron chi connectivity index (χ4n) is 1.68. The highest BCUT2D eigenvalue weighted by Crippen LogP contribution is 2.32. The van der Waals surface area contributed by atoms with Gasteiger partial charge in [-0.15, -0.1) is 0 Å². The maximum absolute atomic E-state index is 10.8. The topological polar surface area (TPSA) is 131 Å². The number of hydrogen-bond donors (Lipinski definition) is 2. The van der Waals surface area contributed by atoms with Crippen molar-refractivity contribution >= 4 is 34.9 Å². The fraction of sp³-hybridized carbons (Fsp3) is 0. The molecule has 118 valence electrons. The zero-order valence-electron chi connectivity index (χ0n) is 11.3. The summed E-state index contributed by atoms with van der Waals surface area (Å²) in [7, 11) is 0. The van der Waals surface area contributed by atoms with E-state index in [0.29, 0.717) is 5.69 Å². The highest BCUT2D eigenvalue weighted by Gasteiger charge is 2.17. The fourth-order valence-corrected chi connectivity index (χ4v) is 1.90. The van der Waals surface area contributed by atoms with E-state index in [1.54, 1.807) is 0 Å². The third-order valence-corrected chi connectivity index (χ3v) is 2.97. The number of halogens is 1. The number of rotatable bonds is 5. The van der Waals surface area contributed by atoms with Crippen LogP contribution in [0, 0.1) is 20.2 Å². The first-order chi connectivity index (χ1) is 10.9. The molecule has 0 fully saturated rings. The van der Waals surface area contributed by atoms with Crippen LogP contribution in [0.3, 0.4) is 0 Å². The van der Waals surface area contributed by atoms with Gasteiger partial charge in [-0.1, -0.05) is 11.6 Å². The molecular formula is C13H9ClN4O5. The average molecular weight is 337 g/mol. The Morgan fingerprint density at radius 2 is 1.78 bits per heavy atom. The maximum atomic E-state index is 10.8. The molecule has 2 aromatic carbocycles. The van der Waals surface area contributed by atoms with Crippen LogP contribution in [0.25, 0.3) is 0 Å². The molecule has 23 heavy (non-hydrogen) atoms. The van der Waals surface area contributed by atoms with Crippen molar-refractivity contribution in [1.82, 2.24) is 0 Å². The minimum absolute atomic E-state index is 0.0543. The molecule has 0 spiro atoms. The van der Waals surface area contributed by atoms with Gasteiger partial charge in [0.05, 0.1) is 21.7 Å². The second-order valence-corrected chi connectivity index (χ2v) is 4.73. The summed E-state index contributed by atoms with van der Waals surface area (Å²) in [6.07, 6.45) is 1.15. The van der Waals surface area contributed by atoms with Crippen molar-refractivity contribution < 1.29 is 15.0 Å². The average Bonchev–Trinajstić information content (AvgIpc) is 2.50. The summed E-state index contributed by atoms with van der Waals surface area (Å²) in [5, 5.41) is 35.0. The monoisotopic (exact) mass is 336 g/mol. The van der Waals surface area contributed by atoms with E-state index in [0.717, 1.165) is 12.3 Å². The van der Waals surface area contributed by atoms with Crippen molar-refractivity contribution in [3.05, 3.63) is 67.2 Å². The summed E-state index contributed by atoms with van der Waals surface area (Å²) >= 11 is 5.75. The van der Waals surface area contributed by atoms with Crippen LogP contribution in [0.2, 0.25) is 5.02 Å². The van der Waals surface area contributed by atoms with E-state index in [-0.39, 0.29) is 16.3 Å². The van der Waals surface area contributed by atoms with E-state index < -0.39 is 21.3 Å². The third kappa shape index (κ3) is 3.92. The van der Waals surface area contributed by atoms with Crippen LogP contribution in [0.1, 0.15) is 5.56 Å². The number of nitrogens with zero attached hydrogens (tertiary/aromatic N) is 3. The number of hydrazone groups is 1. The Morgan fingerprint density at radius 1 is 1.13 bits per heavy atom. The molecule has 0 aliphatic carbocycles. The molecule has 0 atom stereocenters. The van der Waals surface area contributed by atoms with Gasteiger partial charge >= 0.3 is 5.69 Å². The second-order valence-electron chi connectivity index (χ2n) is 4.29. The Bertz CT molecular complexity index is 792. The Kier molecular flexibility index (Phi) is 4.72. The lowest BCUT2D eigenvalue weighted by Crippen LogP contribution is -1.95. The number of phenolic OH excluding ortho intramolecular Hbond substituents is 1. The van der Waals surface area contributed by atoms with Crippen LogP contribution in [0.4, 0.5) is 17.1 Å². The molecule has 0 aromatic heterocycles. The molecule has 0 saturated heterocycles. The van der Waals surface area contributed by atoms with E-state index in [4.69, 9.17) is 11.6 Å². The largest absolute Gasteiger partial charge is 0.502 e. The molecule has 2 aromatic rings.